The molecule has 26 heavy (non-hydrogen) atoms. The van der Waals surface area contributed by atoms with E-state index in [2.05, 4.69) is 17.1 Å². The van der Waals surface area contributed by atoms with Crippen LogP contribution in [0.25, 0.3) is 10.4 Å². The van der Waals surface area contributed by atoms with Crippen molar-refractivity contribution in [2.45, 2.75) is 19.4 Å². The SMILES string of the molecule is Cc1nc(C(=O)N(C)C(CN)Cc2ccccc2)c(-c2ccccc2)s1. The van der Waals surface area contributed by atoms with Gasteiger partial charge in [0.25, 0.3) is 5.91 Å². The number of carbonyl (C=O) groups excluding carboxylic acids is 1. The molecule has 1 heterocycles. The van der Waals surface area contributed by atoms with E-state index in [4.69, 9.17) is 5.73 Å². The molecule has 4 nitrogen and oxygen atoms in total. The first kappa shape index (κ1) is 18.3. The highest BCUT2D eigenvalue weighted by molar-refractivity contribution is 7.15. The van der Waals surface area contributed by atoms with Gasteiger partial charge in [-0.3, -0.25) is 4.79 Å². The predicted octanol–water partition coefficient (Wildman–Crippen LogP) is 3.76. The van der Waals surface area contributed by atoms with Crippen LogP contribution < -0.4 is 5.73 Å². The number of hydrogen-bond acceptors (Lipinski definition) is 4. The number of nitrogens with two attached hydrogens (primary N) is 1. The Kier molecular flexibility index (Phi) is 5.81. The molecule has 0 radical (unpaired) electrons. The van der Waals surface area contributed by atoms with E-state index in [1.54, 1.807) is 16.2 Å². The molecule has 0 fully saturated rings. The van der Waals surface area contributed by atoms with Crippen LogP contribution in [0.2, 0.25) is 0 Å². The van der Waals surface area contributed by atoms with Crippen molar-refractivity contribution in [2.75, 3.05) is 13.6 Å². The van der Waals surface area contributed by atoms with Gasteiger partial charge in [-0.15, -0.1) is 11.3 Å². The zero-order valence-corrected chi connectivity index (χ0v) is 15.9. The normalized spacial score (nSPS) is 12.0. The van der Waals surface area contributed by atoms with Crippen molar-refractivity contribution in [3.8, 4) is 10.4 Å². The number of benzene rings is 2. The van der Waals surface area contributed by atoms with Crippen LogP contribution in [-0.4, -0.2) is 35.4 Å². The molecule has 1 aromatic heterocycles. The zero-order chi connectivity index (χ0) is 18.5. The van der Waals surface area contributed by atoms with E-state index in [-0.39, 0.29) is 11.9 Å². The molecule has 134 valence electrons. The number of likely N-dealkylation sites (N-methyl/N-ethyl adjacent to an activating group) is 1. The molecule has 2 aromatic carbocycles. The molecule has 0 aliphatic rings. The number of thiazole rings is 1. The zero-order valence-electron chi connectivity index (χ0n) is 15.1. The minimum atomic E-state index is -0.0837. The van der Waals surface area contributed by atoms with E-state index in [1.807, 2.05) is 62.5 Å². The summed E-state index contributed by atoms with van der Waals surface area (Å²) in [5.41, 5.74) is 8.67. The number of carbonyl (C=O) groups is 1. The summed E-state index contributed by atoms with van der Waals surface area (Å²) in [6, 6.07) is 20.0. The predicted molar refractivity (Wildman–Crippen MR) is 107 cm³/mol. The van der Waals surface area contributed by atoms with Crippen molar-refractivity contribution in [1.29, 1.82) is 0 Å². The van der Waals surface area contributed by atoms with Gasteiger partial charge in [-0.25, -0.2) is 4.98 Å². The Morgan fingerprint density at radius 2 is 1.73 bits per heavy atom. The lowest BCUT2D eigenvalue weighted by atomic mass is 10.0. The smallest absolute Gasteiger partial charge is 0.274 e. The molecule has 3 aromatic rings. The lowest BCUT2D eigenvalue weighted by molar-refractivity contribution is 0.0731. The fourth-order valence-electron chi connectivity index (χ4n) is 2.95. The Labute approximate surface area is 158 Å². The van der Waals surface area contributed by atoms with Gasteiger partial charge >= 0.3 is 0 Å². The summed E-state index contributed by atoms with van der Waals surface area (Å²) >= 11 is 1.55. The molecule has 2 N–H and O–H groups in total. The van der Waals surface area contributed by atoms with Gasteiger partial charge in [-0.05, 0) is 24.5 Å². The fourth-order valence-corrected chi connectivity index (χ4v) is 3.87. The Morgan fingerprint density at radius 3 is 2.35 bits per heavy atom. The number of rotatable bonds is 6. The highest BCUT2D eigenvalue weighted by Gasteiger charge is 2.25. The van der Waals surface area contributed by atoms with Crippen molar-refractivity contribution in [3.63, 3.8) is 0 Å². The second-order valence-electron chi connectivity index (χ2n) is 6.27. The Balaban J connectivity index is 1.86. The van der Waals surface area contributed by atoms with Crippen LogP contribution in [0.4, 0.5) is 0 Å². The first-order chi connectivity index (χ1) is 12.6. The minimum Gasteiger partial charge on any atom is -0.336 e. The average molecular weight is 366 g/mol. The van der Waals surface area contributed by atoms with Gasteiger partial charge in [-0.1, -0.05) is 60.7 Å². The van der Waals surface area contributed by atoms with Gasteiger partial charge < -0.3 is 10.6 Å². The molecular weight excluding hydrogens is 342 g/mol. The summed E-state index contributed by atoms with van der Waals surface area (Å²) in [6.07, 6.45) is 0.726. The molecule has 0 saturated heterocycles. The van der Waals surface area contributed by atoms with Crippen molar-refractivity contribution in [2.24, 2.45) is 5.73 Å². The van der Waals surface area contributed by atoms with Crippen molar-refractivity contribution >= 4 is 17.2 Å². The van der Waals surface area contributed by atoms with E-state index >= 15 is 0 Å². The number of nitrogens with zero attached hydrogens (tertiary/aromatic N) is 2. The van der Waals surface area contributed by atoms with Gasteiger partial charge in [0, 0.05) is 19.6 Å². The van der Waals surface area contributed by atoms with Crippen LogP contribution in [0.3, 0.4) is 0 Å². The summed E-state index contributed by atoms with van der Waals surface area (Å²) in [6.45, 7) is 2.33. The van der Waals surface area contributed by atoms with E-state index in [0.29, 0.717) is 12.2 Å². The van der Waals surface area contributed by atoms with Gasteiger partial charge in [0.2, 0.25) is 0 Å². The molecule has 3 rings (SSSR count). The van der Waals surface area contributed by atoms with Crippen LogP contribution >= 0.6 is 11.3 Å². The third-order valence-corrected chi connectivity index (χ3v) is 5.45. The molecule has 0 saturated carbocycles. The Bertz CT molecular complexity index is 861. The lowest BCUT2D eigenvalue weighted by Crippen LogP contribution is -2.43. The van der Waals surface area contributed by atoms with Gasteiger partial charge in [0.15, 0.2) is 0 Å². The molecule has 0 aliphatic carbocycles. The molecular formula is C21H23N3OS. The summed E-state index contributed by atoms with van der Waals surface area (Å²) in [5, 5.41) is 0.882. The molecule has 1 atom stereocenters. The topological polar surface area (TPSA) is 59.2 Å². The van der Waals surface area contributed by atoms with Crippen LogP contribution in [0, 0.1) is 6.92 Å². The van der Waals surface area contributed by atoms with Gasteiger partial charge in [0.1, 0.15) is 5.69 Å². The lowest BCUT2D eigenvalue weighted by Gasteiger charge is -2.27. The van der Waals surface area contributed by atoms with Crippen molar-refractivity contribution < 1.29 is 4.79 Å². The number of amides is 1. The quantitative estimate of drug-likeness (QED) is 0.723. The standard InChI is InChI=1S/C21H23N3OS/c1-15-23-19(20(26-15)17-11-7-4-8-12-17)21(25)24(2)18(14-22)13-16-9-5-3-6-10-16/h3-12,18H,13-14,22H2,1-2H3. The minimum absolute atomic E-state index is 0.0736. The molecule has 0 aliphatic heterocycles. The number of aryl methyl sites for hydroxylation is 1. The molecule has 1 unspecified atom stereocenters. The third kappa shape index (κ3) is 4.00. The maximum absolute atomic E-state index is 13.2. The van der Waals surface area contributed by atoms with Crippen LogP contribution in [-0.2, 0) is 6.42 Å². The molecule has 1 amide bonds. The molecule has 5 heteroatoms. The van der Waals surface area contributed by atoms with E-state index in [1.165, 1.54) is 5.56 Å². The Hall–Kier alpha value is -2.50. The molecule has 0 bridgehead atoms. The van der Waals surface area contributed by atoms with Crippen molar-refractivity contribution in [1.82, 2.24) is 9.88 Å². The largest absolute Gasteiger partial charge is 0.336 e. The third-order valence-electron chi connectivity index (χ3n) is 4.43. The highest BCUT2D eigenvalue weighted by atomic mass is 32.1. The first-order valence-corrected chi connectivity index (χ1v) is 9.45. The van der Waals surface area contributed by atoms with Crippen LogP contribution in [0.1, 0.15) is 21.1 Å². The van der Waals surface area contributed by atoms with Crippen LogP contribution in [0.5, 0.6) is 0 Å². The van der Waals surface area contributed by atoms with Gasteiger partial charge in [0.05, 0.1) is 9.88 Å². The second-order valence-corrected chi connectivity index (χ2v) is 7.48. The summed E-state index contributed by atoms with van der Waals surface area (Å²) < 4.78 is 0. The average Bonchev–Trinajstić information content (AvgIpc) is 3.08. The Morgan fingerprint density at radius 1 is 1.12 bits per heavy atom. The first-order valence-electron chi connectivity index (χ1n) is 8.64. The van der Waals surface area contributed by atoms with E-state index < -0.39 is 0 Å². The molecule has 0 spiro atoms. The van der Waals surface area contributed by atoms with Crippen molar-refractivity contribution in [3.05, 3.63) is 76.9 Å². The second kappa shape index (κ2) is 8.25. The maximum atomic E-state index is 13.2. The van der Waals surface area contributed by atoms with E-state index in [0.717, 1.165) is 21.9 Å². The van der Waals surface area contributed by atoms with E-state index in [9.17, 15) is 4.79 Å². The number of hydrogen-bond donors (Lipinski definition) is 1. The highest BCUT2D eigenvalue weighted by Crippen LogP contribution is 2.31. The summed E-state index contributed by atoms with van der Waals surface area (Å²) in [4.78, 5) is 20.3. The summed E-state index contributed by atoms with van der Waals surface area (Å²) in [5.74, 6) is -0.0837. The van der Waals surface area contributed by atoms with Crippen LogP contribution in [0.15, 0.2) is 60.7 Å². The fraction of sp³-hybridized carbons (Fsp3) is 0.238. The monoisotopic (exact) mass is 365 g/mol. The summed E-state index contributed by atoms with van der Waals surface area (Å²) in [7, 11) is 1.81. The van der Waals surface area contributed by atoms with Gasteiger partial charge in [-0.2, -0.15) is 0 Å². The maximum Gasteiger partial charge on any atom is 0.274 e. The number of aromatic nitrogens is 1.